The molecule has 1 heterocycles. The second-order valence-corrected chi connectivity index (χ2v) is 1.17. The summed E-state index contributed by atoms with van der Waals surface area (Å²) in [5.41, 5.74) is 0. The van der Waals surface area contributed by atoms with Gasteiger partial charge in [0.25, 0.3) is 0 Å². The number of nitrogens with one attached hydrogen (secondary N) is 1. The van der Waals surface area contributed by atoms with Crippen LogP contribution in [0.5, 0.6) is 0 Å². The number of imidazole rings is 1. The molecule has 0 amide bonds. The zero-order chi connectivity index (χ0) is 4.41. The topological polar surface area (TPSA) is 28.7 Å². The first-order valence-electron chi connectivity index (χ1n) is 1.85. The van der Waals surface area contributed by atoms with Crippen molar-refractivity contribution in [3.8, 4) is 0 Å². The zero-order valence-corrected chi connectivity index (χ0v) is 7.74. The van der Waals surface area contributed by atoms with Crippen molar-refractivity contribution >= 4 is 0 Å². The van der Waals surface area contributed by atoms with E-state index in [1.54, 1.807) is 12.4 Å². The van der Waals surface area contributed by atoms with Crippen LogP contribution in [-0.4, -0.2) is 9.97 Å². The van der Waals surface area contributed by atoms with Gasteiger partial charge in [0.05, 0.1) is 0 Å². The van der Waals surface area contributed by atoms with E-state index in [0.717, 1.165) is 5.82 Å². The van der Waals surface area contributed by atoms with E-state index in [9.17, 15) is 0 Å². The molecule has 1 rings (SSSR count). The molecule has 0 unspecified atom stereocenters. The van der Waals surface area contributed by atoms with Crippen molar-refractivity contribution in [3.63, 3.8) is 0 Å². The summed E-state index contributed by atoms with van der Waals surface area (Å²) in [5, 5.41) is 0. The van der Waals surface area contributed by atoms with Crippen LogP contribution in [0.25, 0.3) is 0 Å². The van der Waals surface area contributed by atoms with Crippen LogP contribution in [-0.2, 0) is 0 Å². The Labute approximate surface area is 76.8 Å². The Kier molecular flexibility index (Phi) is 7.97. The number of aromatic amines is 1. The third-order valence-electron chi connectivity index (χ3n) is 0.635. The van der Waals surface area contributed by atoms with Gasteiger partial charge in [-0.25, -0.2) is 4.98 Å². The van der Waals surface area contributed by atoms with Gasteiger partial charge in [0.1, 0.15) is 5.82 Å². The van der Waals surface area contributed by atoms with Crippen LogP contribution in [0, 0.1) is 6.92 Å². The van der Waals surface area contributed by atoms with Crippen LogP contribution in [0.2, 0.25) is 0 Å². The van der Waals surface area contributed by atoms with Crippen LogP contribution in [0.3, 0.4) is 0 Å². The molecular weight excluding hydrogens is 135 g/mol. The first-order chi connectivity index (χ1) is 2.89. The van der Waals surface area contributed by atoms with Crippen molar-refractivity contribution in [2.45, 2.75) is 6.92 Å². The van der Waals surface area contributed by atoms with Gasteiger partial charge in [-0.2, -0.15) is 0 Å². The SMILES string of the molecule is Cc1ncc[nH]1.[Cl-].[Na+]. The van der Waals surface area contributed by atoms with Gasteiger partial charge in [-0.15, -0.1) is 0 Å². The normalized spacial score (nSPS) is 6.62. The largest absolute Gasteiger partial charge is 1.00 e. The number of H-pyrrole nitrogens is 1. The molecule has 8 heavy (non-hydrogen) atoms. The number of aryl methyl sites for hydroxylation is 1. The second-order valence-electron chi connectivity index (χ2n) is 1.17. The van der Waals surface area contributed by atoms with Gasteiger partial charge in [-0.05, 0) is 6.92 Å². The minimum Gasteiger partial charge on any atom is -1.00 e. The number of nitrogens with zero attached hydrogens (tertiary/aromatic N) is 1. The predicted molar refractivity (Wildman–Crippen MR) is 23.3 cm³/mol. The maximum absolute atomic E-state index is 3.86. The molecular formula is C4H6ClN2Na. The van der Waals surface area contributed by atoms with E-state index in [1.165, 1.54) is 0 Å². The number of hydrogen-bond donors (Lipinski definition) is 1. The fraction of sp³-hybridized carbons (Fsp3) is 0.250. The van der Waals surface area contributed by atoms with Crippen LogP contribution in [0.15, 0.2) is 12.4 Å². The molecule has 0 radical (unpaired) electrons. The van der Waals surface area contributed by atoms with Gasteiger partial charge in [-0.1, -0.05) is 0 Å². The zero-order valence-electron chi connectivity index (χ0n) is 4.98. The molecule has 0 saturated heterocycles. The van der Waals surface area contributed by atoms with Crippen molar-refractivity contribution < 1.29 is 42.0 Å². The molecule has 0 bridgehead atoms. The smallest absolute Gasteiger partial charge is 1.00 e. The number of rotatable bonds is 0. The van der Waals surface area contributed by atoms with Crippen LogP contribution < -0.4 is 42.0 Å². The van der Waals surface area contributed by atoms with Crippen molar-refractivity contribution in [1.82, 2.24) is 9.97 Å². The van der Waals surface area contributed by atoms with Gasteiger partial charge < -0.3 is 17.4 Å². The minimum atomic E-state index is 0. The molecule has 0 fully saturated rings. The Morgan fingerprint density at radius 1 is 1.62 bits per heavy atom. The van der Waals surface area contributed by atoms with E-state index in [0.29, 0.717) is 0 Å². The summed E-state index contributed by atoms with van der Waals surface area (Å²) in [6.45, 7) is 1.92. The van der Waals surface area contributed by atoms with E-state index in [4.69, 9.17) is 0 Å². The van der Waals surface area contributed by atoms with E-state index in [2.05, 4.69) is 9.97 Å². The Morgan fingerprint density at radius 3 is 2.38 bits per heavy atom. The molecule has 0 aromatic carbocycles. The summed E-state index contributed by atoms with van der Waals surface area (Å²) >= 11 is 0. The molecule has 2 nitrogen and oxygen atoms in total. The average Bonchev–Trinajstić information content (AvgIpc) is 1.86. The Balaban J connectivity index is 0. The van der Waals surface area contributed by atoms with Crippen molar-refractivity contribution in [1.29, 1.82) is 0 Å². The van der Waals surface area contributed by atoms with Crippen molar-refractivity contribution in [3.05, 3.63) is 18.2 Å². The summed E-state index contributed by atoms with van der Waals surface area (Å²) in [4.78, 5) is 6.75. The fourth-order valence-corrected chi connectivity index (χ4v) is 0.344. The summed E-state index contributed by atoms with van der Waals surface area (Å²) < 4.78 is 0. The van der Waals surface area contributed by atoms with E-state index in [1.807, 2.05) is 6.92 Å². The molecule has 0 aliphatic heterocycles. The molecule has 1 N–H and O–H groups in total. The van der Waals surface area contributed by atoms with Gasteiger partial charge >= 0.3 is 29.6 Å². The monoisotopic (exact) mass is 140 g/mol. The fourth-order valence-electron chi connectivity index (χ4n) is 0.344. The Hall–Kier alpha value is 0.500. The molecule has 1 aromatic rings. The Morgan fingerprint density at radius 2 is 2.25 bits per heavy atom. The van der Waals surface area contributed by atoms with Crippen molar-refractivity contribution in [2.24, 2.45) is 0 Å². The molecule has 0 aliphatic carbocycles. The van der Waals surface area contributed by atoms with Gasteiger partial charge in [-0.3, -0.25) is 0 Å². The van der Waals surface area contributed by atoms with Gasteiger partial charge in [0.15, 0.2) is 0 Å². The maximum Gasteiger partial charge on any atom is 1.00 e. The van der Waals surface area contributed by atoms with Gasteiger partial charge in [0, 0.05) is 12.4 Å². The maximum atomic E-state index is 3.86. The summed E-state index contributed by atoms with van der Waals surface area (Å²) in [6, 6.07) is 0. The standard InChI is InChI=1S/C4H6N2.ClH.Na/c1-4-5-2-3-6-4;;/h2-3H,1H3,(H,5,6);1H;/q;;+1/p-1. The minimum absolute atomic E-state index is 0. The van der Waals surface area contributed by atoms with Crippen LogP contribution in [0.4, 0.5) is 0 Å². The molecule has 0 spiro atoms. The first-order valence-corrected chi connectivity index (χ1v) is 1.85. The molecule has 0 aliphatic rings. The van der Waals surface area contributed by atoms with E-state index in [-0.39, 0.29) is 42.0 Å². The summed E-state index contributed by atoms with van der Waals surface area (Å²) in [6.07, 6.45) is 3.53. The summed E-state index contributed by atoms with van der Waals surface area (Å²) in [5.74, 6) is 0.968. The van der Waals surface area contributed by atoms with Crippen LogP contribution >= 0.6 is 0 Å². The number of halogens is 1. The second kappa shape index (κ2) is 5.63. The molecule has 1 aromatic heterocycles. The van der Waals surface area contributed by atoms with Gasteiger partial charge in [0.2, 0.25) is 0 Å². The van der Waals surface area contributed by atoms with E-state index >= 15 is 0 Å². The van der Waals surface area contributed by atoms with E-state index < -0.39 is 0 Å². The first kappa shape index (κ1) is 11.3. The summed E-state index contributed by atoms with van der Waals surface area (Å²) in [7, 11) is 0. The average molecular weight is 141 g/mol. The number of aromatic nitrogens is 2. The van der Waals surface area contributed by atoms with Crippen molar-refractivity contribution in [2.75, 3.05) is 0 Å². The van der Waals surface area contributed by atoms with Crippen LogP contribution in [0.1, 0.15) is 5.82 Å². The molecule has 40 valence electrons. The third kappa shape index (κ3) is 3.50. The quantitative estimate of drug-likeness (QED) is 0.359. The predicted octanol–water partition coefficient (Wildman–Crippen LogP) is -5.27. The number of hydrogen-bond acceptors (Lipinski definition) is 1. The Bertz CT molecular complexity index is 118. The third-order valence-corrected chi connectivity index (χ3v) is 0.635. The molecule has 0 saturated carbocycles. The molecule has 4 heteroatoms. The molecule has 0 atom stereocenters.